The zero-order chi connectivity index (χ0) is 30.6. The van der Waals surface area contributed by atoms with Gasteiger partial charge in [0.15, 0.2) is 12.3 Å². The molecule has 1 unspecified atom stereocenters. The van der Waals surface area contributed by atoms with Gasteiger partial charge in [-0.3, -0.25) is 14.4 Å². The molecular weight excluding hydrogens is 554 g/mol. The first-order valence-corrected chi connectivity index (χ1v) is 13.4. The minimum Gasteiger partial charge on any atom is -0.497 e. The Bertz CT molecular complexity index is 1270. The fourth-order valence-corrected chi connectivity index (χ4v) is 4.14. The first kappa shape index (κ1) is 31.7. The quantitative estimate of drug-likeness (QED) is 0.319. The molecule has 3 amide bonds. The highest BCUT2D eigenvalue weighted by Crippen LogP contribution is 2.23. The van der Waals surface area contributed by atoms with E-state index in [1.807, 2.05) is 0 Å². The number of carboxylic acids is 1. The van der Waals surface area contributed by atoms with Gasteiger partial charge in [-0.25, -0.2) is 14.3 Å². The van der Waals surface area contributed by atoms with Crippen molar-refractivity contribution in [2.24, 2.45) is 0 Å². The number of aromatic nitrogens is 2. The Balaban J connectivity index is 1.81. The van der Waals surface area contributed by atoms with Crippen LogP contribution in [0, 0.1) is 0 Å². The van der Waals surface area contributed by atoms with E-state index in [1.165, 1.54) is 27.7 Å². The number of carbonyl (C=O) groups is 5. The van der Waals surface area contributed by atoms with Gasteiger partial charge in [0, 0.05) is 44.7 Å². The molecule has 15 nitrogen and oxygen atoms in total. The maximum absolute atomic E-state index is 13.4. The van der Waals surface area contributed by atoms with Gasteiger partial charge in [-0.15, -0.1) is 0 Å². The second-order valence-electron chi connectivity index (χ2n) is 9.04. The largest absolute Gasteiger partial charge is 0.497 e. The summed E-state index contributed by atoms with van der Waals surface area (Å²) in [5.41, 5.74) is 0.321. The number of aliphatic carboxylic acids is 1. The summed E-state index contributed by atoms with van der Waals surface area (Å²) in [6, 6.07) is 6.86. The van der Waals surface area contributed by atoms with Crippen molar-refractivity contribution in [1.82, 2.24) is 24.9 Å². The molecule has 42 heavy (non-hydrogen) atoms. The number of carboxylic acid groups (broad SMARTS) is 1. The van der Waals surface area contributed by atoms with E-state index in [-0.39, 0.29) is 63.8 Å². The average molecular weight is 590 g/mol. The first-order valence-electron chi connectivity index (χ1n) is 13.4. The molecule has 0 bridgehead atoms. The van der Waals surface area contributed by atoms with Gasteiger partial charge in [-0.1, -0.05) is 6.07 Å². The Hall–Kier alpha value is -4.82. The molecule has 1 aromatic heterocycles. The second-order valence-corrected chi connectivity index (χ2v) is 9.04. The van der Waals surface area contributed by atoms with Crippen molar-refractivity contribution < 1.29 is 48.0 Å². The number of hydrogen-bond acceptors (Lipinski definition) is 10. The molecule has 0 aliphatic carbocycles. The molecule has 2 N–H and O–H groups in total. The van der Waals surface area contributed by atoms with Crippen LogP contribution >= 0.6 is 0 Å². The molecule has 2 aromatic rings. The molecule has 15 heteroatoms. The molecule has 1 atom stereocenters. The van der Waals surface area contributed by atoms with Crippen molar-refractivity contribution in [2.75, 3.05) is 53.1 Å². The third-order valence-corrected chi connectivity index (χ3v) is 6.22. The summed E-state index contributed by atoms with van der Waals surface area (Å²) in [6.07, 6.45) is -1.01. The van der Waals surface area contributed by atoms with Crippen molar-refractivity contribution in [2.45, 2.75) is 32.7 Å². The number of methoxy groups -OCH3 is 1. The van der Waals surface area contributed by atoms with E-state index in [0.29, 0.717) is 11.4 Å². The van der Waals surface area contributed by atoms with Crippen LogP contribution in [-0.4, -0.2) is 114 Å². The normalized spacial score (nSPS) is 13.6. The lowest BCUT2D eigenvalue weighted by molar-refractivity contribution is -0.145. The summed E-state index contributed by atoms with van der Waals surface area (Å²) >= 11 is 0. The predicted molar refractivity (Wildman–Crippen MR) is 146 cm³/mol. The number of piperazine rings is 1. The number of benzene rings is 1. The van der Waals surface area contributed by atoms with Crippen molar-refractivity contribution in [3.63, 3.8) is 0 Å². The van der Waals surface area contributed by atoms with Gasteiger partial charge in [0.25, 0.3) is 5.91 Å². The Morgan fingerprint density at radius 2 is 1.69 bits per heavy atom. The van der Waals surface area contributed by atoms with Gasteiger partial charge >= 0.3 is 18.0 Å². The molecule has 1 saturated heterocycles. The Morgan fingerprint density at radius 3 is 2.33 bits per heavy atom. The number of amides is 3. The SMILES string of the molecule is CCOC(=O)COc1cc(C(=O)NC(CCC(=O)O)C(=O)N2CCN(C(=O)OCC)CC2)nn1-c1cccc(OC)c1. The van der Waals surface area contributed by atoms with Gasteiger partial charge in [0.1, 0.15) is 11.8 Å². The van der Waals surface area contributed by atoms with Crippen LogP contribution in [0.5, 0.6) is 11.6 Å². The number of hydrogen-bond donors (Lipinski definition) is 2. The number of esters is 1. The predicted octanol–water partition coefficient (Wildman–Crippen LogP) is 1.09. The lowest BCUT2D eigenvalue weighted by atomic mass is 10.1. The van der Waals surface area contributed by atoms with Crippen LogP contribution in [0.15, 0.2) is 30.3 Å². The highest BCUT2D eigenvalue weighted by Gasteiger charge is 2.31. The van der Waals surface area contributed by atoms with Crippen LogP contribution in [0.4, 0.5) is 4.79 Å². The van der Waals surface area contributed by atoms with Crippen LogP contribution in [-0.2, 0) is 23.9 Å². The van der Waals surface area contributed by atoms with Gasteiger partial charge in [0.2, 0.25) is 11.8 Å². The zero-order valence-corrected chi connectivity index (χ0v) is 23.7. The van der Waals surface area contributed by atoms with Gasteiger partial charge in [0.05, 0.1) is 26.0 Å². The summed E-state index contributed by atoms with van der Waals surface area (Å²) in [4.78, 5) is 64.8. The molecule has 1 aliphatic rings. The molecule has 0 radical (unpaired) electrons. The summed E-state index contributed by atoms with van der Waals surface area (Å²) in [5, 5.41) is 16.1. The topological polar surface area (TPSA) is 179 Å². The molecule has 3 rings (SSSR count). The number of rotatable bonds is 13. The number of ether oxygens (including phenoxy) is 4. The molecule has 1 aromatic carbocycles. The van der Waals surface area contributed by atoms with E-state index in [9.17, 15) is 29.1 Å². The molecule has 1 aliphatic heterocycles. The smallest absolute Gasteiger partial charge is 0.409 e. The minimum atomic E-state index is -1.17. The van der Waals surface area contributed by atoms with Crippen LogP contribution in [0.25, 0.3) is 5.69 Å². The van der Waals surface area contributed by atoms with Crippen LogP contribution < -0.4 is 14.8 Å². The summed E-state index contributed by atoms with van der Waals surface area (Å²) in [7, 11) is 1.49. The van der Waals surface area contributed by atoms with E-state index in [0.717, 1.165) is 0 Å². The highest BCUT2D eigenvalue weighted by molar-refractivity contribution is 5.96. The standard InChI is InChI=1S/C27H35N5O10/c1-4-40-24(35)17-42-22-16-21(29-32(22)18-7-6-8-19(15-18)39-3)25(36)28-20(9-10-23(33)34)26(37)30-11-13-31(14-12-30)27(38)41-5-2/h6-8,15-16,20H,4-5,9-14,17H2,1-3H3,(H,28,36)(H,33,34). The number of nitrogens with zero attached hydrogens (tertiary/aromatic N) is 4. The summed E-state index contributed by atoms with van der Waals surface area (Å²) in [5.74, 6) is -2.45. The maximum atomic E-state index is 13.4. The van der Waals surface area contributed by atoms with Crippen molar-refractivity contribution >= 4 is 29.8 Å². The number of carbonyl (C=O) groups excluding carboxylic acids is 4. The average Bonchev–Trinajstić information content (AvgIpc) is 3.42. The van der Waals surface area contributed by atoms with Gasteiger partial charge in [-0.2, -0.15) is 5.10 Å². The third-order valence-electron chi connectivity index (χ3n) is 6.22. The molecule has 1 fully saturated rings. The van der Waals surface area contributed by atoms with Crippen LogP contribution in [0.3, 0.4) is 0 Å². The molecule has 0 saturated carbocycles. The van der Waals surface area contributed by atoms with Gasteiger partial charge < -0.3 is 39.2 Å². The molecular formula is C27H35N5O10. The number of nitrogens with one attached hydrogen (secondary N) is 1. The maximum Gasteiger partial charge on any atom is 0.409 e. The van der Waals surface area contributed by atoms with E-state index in [1.54, 1.807) is 38.1 Å². The summed E-state index contributed by atoms with van der Waals surface area (Å²) < 4.78 is 22.0. The third kappa shape index (κ3) is 8.59. The van der Waals surface area contributed by atoms with E-state index in [4.69, 9.17) is 18.9 Å². The highest BCUT2D eigenvalue weighted by atomic mass is 16.6. The van der Waals surface area contributed by atoms with E-state index < -0.39 is 42.5 Å². The van der Waals surface area contributed by atoms with Crippen molar-refractivity contribution in [3.8, 4) is 17.3 Å². The van der Waals surface area contributed by atoms with Crippen molar-refractivity contribution in [3.05, 3.63) is 36.0 Å². The van der Waals surface area contributed by atoms with Crippen LogP contribution in [0.2, 0.25) is 0 Å². The fraction of sp³-hybridized carbons (Fsp3) is 0.481. The lowest BCUT2D eigenvalue weighted by Gasteiger charge is -2.35. The molecule has 2 heterocycles. The van der Waals surface area contributed by atoms with E-state index >= 15 is 0 Å². The first-order chi connectivity index (χ1) is 20.2. The fourth-order valence-electron chi connectivity index (χ4n) is 4.14. The minimum absolute atomic E-state index is 0.0463. The summed E-state index contributed by atoms with van der Waals surface area (Å²) in [6.45, 7) is 4.14. The zero-order valence-electron chi connectivity index (χ0n) is 23.7. The monoisotopic (exact) mass is 589 g/mol. The van der Waals surface area contributed by atoms with E-state index in [2.05, 4.69) is 10.4 Å². The van der Waals surface area contributed by atoms with Gasteiger partial charge in [-0.05, 0) is 32.4 Å². The van der Waals surface area contributed by atoms with Crippen LogP contribution in [0.1, 0.15) is 37.2 Å². The Morgan fingerprint density at radius 1 is 1.00 bits per heavy atom. The molecule has 228 valence electrons. The van der Waals surface area contributed by atoms with Crippen molar-refractivity contribution in [1.29, 1.82) is 0 Å². The molecule has 0 spiro atoms. The lowest BCUT2D eigenvalue weighted by Crippen LogP contribution is -2.56. The second kappa shape index (κ2) is 15.3. The Labute approximate surface area is 242 Å². The Kier molecular flexibility index (Phi) is 11.5.